The van der Waals surface area contributed by atoms with E-state index in [9.17, 15) is 8.78 Å². The molecule has 0 saturated carbocycles. The number of hydrogen-bond donors (Lipinski definition) is 2. The number of aromatic amines is 1. The molecule has 3 aromatic rings. The number of aryl methyl sites for hydroxylation is 2. The summed E-state index contributed by atoms with van der Waals surface area (Å²) in [6.07, 6.45) is 0. The topological polar surface area (TPSA) is 53.6 Å². The van der Waals surface area contributed by atoms with Crippen molar-refractivity contribution in [3.8, 4) is 0 Å². The molecule has 20 heavy (non-hydrogen) atoms. The molecule has 3 rings (SSSR count). The zero-order chi connectivity index (χ0) is 14.3. The highest BCUT2D eigenvalue weighted by Crippen LogP contribution is 2.27. The van der Waals surface area contributed by atoms with Crippen LogP contribution in [0.25, 0.3) is 11.0 Å². The Labute approximate surface area is 113 Å². The Hall–Kier alpha value is -2.50. The van der Waals surface area contributed by atoms with Gasteiger partial charge in [-0.25, -0.2) is 18.7 Å². The van der Waals surface area contributed by atoms with E-state index in [4.69, 9.17) is 0 Å². The maximum absolute atomic E-state index is 13.7. The second kappa shape index (κ2) is 4.56. The number of H-pyrrole nitrogens is 1. The Morgan fingerprint density at radius 3 is 2.50 bits per heavy atom. The minimum absolute atomic E-state index is 0.217. The second-order valence-corrected chi connectivity index (χ2v) is 4.56. The summed E-state index contributed by atoms with van der Waals surface area (Å²) in [5, 5.41) is 3.41. The van der Waals surface area contributed by atoms with Crippen molar-refractivity contribution >= 4 is 22.5 Å². The first-order valence-electron chi connectivity index (χ1n) is 6.09. The summed E-state index contributed by atoms with van der Waals surface area (Å²) in [7, 11) is 0. The van der Waals surface area contributed by atoms with Crippen LogP contribution in [0.15, 0.2) is 24.3 Å². The van der Waals surface area contributed by atoms with Crippen LogP contribution in [0.4, 0.5) is 20.3 Å². The van der Waals surface area contributed by atoms with Crippen LogP contribution in [0.5, 0.6) is 0 Å². The molecule has 0 radical (unpaired) electrons. The summed E-state index contributed by atoms with van der Waals surface area (Å²) in [5.74, 6) is -0.442. The van der Waals surface area contributed by atoms with E-state index in [-0.39, 0.29) is 5.69 Å². The minimum Gasteiger partial charge on any atom is -0.343 e. The smallest absolute Gasteiger partial charge is 0.149 e. The van der Waals surface area contributed by atoms with Gasteiger partial charge >= 0.3 is 0 Å². The van der Waals surface area contributed by atoms with Gasteiger partial charge in [0.15, 0.2) is 0 Å². The first kappa shape index (κ1) is 12.5. The SMILES string of the molecule is Cc1nc(Nc2c(F)cccc2F)c2cc(C)[nH]c2n1. The summed E-state index contributed by atoms with van der Waals surface area (Å²) in [4.78, 5) is 11.5. The first-order valence-corrected chi connectivity index (χ1v) is 6.09. The van der Waals surface area contributed by atoms with Crippen LogP contribution in [-0.2, 0) is 0 Å². The van der Waals surface area contributed by atoms with E-state index < -0.39 is 11.6 Å². The van der Waals surface area contributed by atoms with E-state index in [1.54, 1.807) is 6.92 Å². The highest BCUT2D eigenvalue weighted by atomic mass is 19.1. The van der Waals surface area contributed by atoms with Crippen molar-refractivity contribution in [3.05, 3.63) is 47.4 Å². The lowest BCUT2D eigenvalue weighted by atomic mass is 10.2. The maximum atomic E-state index is 13.7. The van der Waals surface area contributed by atoms with Crippen LogP contribution in [0.3, 0.4) is 0 Å². The molecule has 0 bridgehead atoms. The molecule has 0 atom stereocenters. The zero-order valence-corrected chi connectivity index (χ0v) is 11.0. The average molecular weight is 274 g/mol. The van der Waals surface area contributed by atoms with Gasteiger partial charge in [0.05, 0.1) is 5.39 Å². The van der Waals surface area contributed by atoms with E-state index in [1.807, 2.05) is 13.0 Å². The summed E-state index contributed by atoms with van der Waals surface area (Å²) < 4.78 is 27.4. The molecule has 0 unspecified atom stereocenters. The fourth-order valence-electron chi connectivity index (χ4n) is 2.08. The van der Waals surface area contributed by atoms with Gasteiger partial charge in [-0.2, -0.15) is 0 Å². The molecule has 6 heteroatoms. The van der Waals surface area contributed by atoms with Crippen LogP contribution in [0, 0.1) is 25.5 Å². The van der Waals surface area contributed by atoms with Gasteiger partial charge < -0.3 is 10.3 Å². The third-order valence-corrected chi connectivity index (χ3v) is 2.94. The Morgan fingerprint density at radius 1 is 1.10 bits per heavy atom. The molecule has 4 nitrogen and oxygen atoms in total. The van der Waals surface area contributed by atoms with E-state index >= 15 is 0 Å². The number of benzene rings is 1. The van der Waals surface area contributed by atoms with Gasteiger partial charge in [-0.05, 0) is 32.0 Å². The van der Waals surface area contributed by atoms with E-state index in [0.717, 1.165) is 5.69 Å². The molecule has 1 aromatic carbocycles. The molecule has 2 heterocycles. The number of nitrogens with zero attached hydrogens (tertiary/aromatic N) is 2. The molecule has 0 aliphatic heterocycles. The Morgan fingerprint density at radius 2 is 1.80 bits per heavy atom. The van der Waals surface area contributed by atoms with Crippen molar-refractivity contribution in [2.45, 2.75) is 13.8 Å². The van der Waals surface area contributed by atoms with Crippen LogP contribution in [-0.4, -0.2) is 15.0 Å². The molecule has 0 amide bonds. The van der Waals surface area contributed by atoms with Crippen molar-refractivity contribution < 1.29 is 8.78 Å². The van der Waals surface area contributed by atoms with Crippen molar-refractivity contribution in [2.24, 2.45) is 0 Å². The number of anilines is 2. The predicted molar refractivity (Wildman–Crippen MR) is 73.0 cm³/mol. The normalized spacial score (nSPS) is 11.0. The highest BCUT2D eigenvalue weighted by molar-refractivity contribution is 5.89. The largest absolute Gasteiger partial charge is 0.343 e. The monoisotopic (exact) mass is 274 g/mol. The lowest BCUT2D eigenvalue weighted by Crippen LogP contribution is -2.01. The van der Waals surface area contributed by atoms with Crippen molar-refractivity contribution in [1.29, 1.82) is 0 Å². The molecule has 0 fully saturated rings. The predicted octanol–water partition coefficient (Wildman–Crippen LogP) is 3.60. The second-order valence-electron chi connectivity index (χ2n) is 4.56. The molecule has 0 spiro atoms. The molecule has 2 N–H and O–H groups in total. The quantitative estimate of drug-likeness (QED) is 0.750. The van der Waals surface area contributed by atoms with Gasteiger partial charge in [0.1, 0.15) is 34.6 Å². The summed E-state index contributed by atoms with van der Waals surface area (Å²) in [6, 6.07) is 5.53. The number of halogens is 2. The van der Waals surface area contributed by atoms with Crippen molar-refractivity contribution in [1.82, 2.24) is 15.0 Å². The number of aromatic nitrogens is 3. The molecule has 0 aliphatic carbocycles. The van der Waals surface area contributed by atoms with Gasteiger partial charge in [0.25, 0.3) is 0 Å². The van der Waals surface area contributed by atoms with Crippen molar-refractivity contribution in [3.63, 3.8) is 0 Å². The fourth-order valence-corrected chi connectivity index (χ4v) is 2.08. The summed E-state index contributed by atoms with van der Waals surface area (Å²) in [5.41, 5.74) is 1.32. The molecule has 2 aromatic heterocycles. The third-order valence-electron chi connectivity index (χ3n) is 2.94. The van der Waals surface area contributed by atoms with Crippen LogP contribution in [0.2, 0.25) is 0 Å². The van der Waals surface area contributed by atoms with Crippen molar-refractivity contribution in [2.75, 3.05) is 5.32 Å². The number of hydrogen-bond acceptors (Lipinski definition) is 3. The number of nitrogens with one attached hydrogen (secondary N) is 2. The fraction of sp³-hybridized carbons (Fsp3) is 0.143. The van der Waals surface area contributed by atoms with Crippen LogP contribution in [0.1, 0.15) is 11.5 Å². The Kier molecular flexibility index (Phi) is 2.85. The van der Waals surface area contributed by atoms with Crippen LogP contribution >= 0.6 is 0 Å². The molecular weight excluding hydrogens is 262 g/mol. The summed E-state index contributed by atoms with van der Waals surface area (Å²) in [6.45, 7) is 3.60. The lowest BCUT2D eigenvalue weighted by molar-refractivity contribution is 0.590. The molecule has 0 saturated heterocycles. The number of fused-ring (bicyclic) bond motifs is 1. The Balaban J connectivity index is 2.15. The number of rotatable bonds is 2. The minimum atomic E-state index is -0.665. The van der Waals surface area contributed by atoms with Gasteiger partial charge in [0.2, 0.25) is 0 Å². The van der Waals surface area contributed by atoms with Gasteiger partial charge in [-0.3, -0.25) is 0 Å². The van der Waals surface area contributed by atoms with E-state index in [2.05, 4.69) is 20.3 Å². The van der Waals surface area contributed by atoms with Crippen LogP contribution < -0.4 is 5.32 Å². The molecule has 0 aliphatic rings. The summed E-state index contributed by atoms with van der Waals surface area (Å²) >= 11 is 0. The highest BCUT2D eigenvalue weighted by Gasteiger charge is 2.13. The first-order chi connectivity index (χ1) is 9.54. The van der Waals surface area contributed by atoms with Gasteiger partial charge in [0, 0.05) is 5.69 Å². The average Bonchev–Trinajstić information content (AvgIpc) is 2.74. The lowest BCUT2D eigenvalue weighted by Gasteiger charge is -2.09. The third kappa shape index (κ3) is 2.09. The van der Waals surface area contributed by atoms with Gasteiger partial charge in [-0.15, -0.1) is 0 Å². The zero-order valence-electron chi connectivity index (χ0n) is 11.0. The van der Waals surface area contributed by atoms with E-state index in [1.165, 1.54) is 18.2 Å². The van der Waals surface area contributed by atoms with Gasteiger partial charge in [-0.1, -0.05) is 6.07 Å². The standard InChI is InChI=1S/C14H12F2N4/c1-7-6-9-13(17-7)18-8(2)19-14(9)20-12-10(15)4-3-5-11(12)16/h3-6H,1-2H3,(H2,17,18,19,20). The molecule has 102 valence electrons. The maximum Gasteiger partial charge on any atom is 0.149 e. The molecular formula is C14H12F2N4. The Bertz CT molecular complexity index is 775. The van der Waals surface area contributed by atoms with E-state index in [0.29, 0.717) is 22.7 Å². The number of para-hydroxylation sites is 1.